The summed E-state index contributed by atoms with van der Waals surface area (Å²) in [6, 6.07) is 3.67. The summed E-state index contributed by atoms with van der Waals surface area (Å²) in [5, 5.41) is 17.4. The van der Waals surface area contributed by atoms with Crippen molar-refractivity contribution >= 4 is 17.3 Å². The Hall–Kier alpha value is -1.21. The van der Waals surface area contributed by atoms with Crippen molar-refractivity contribution in [1.82, 2.24) is 10.6 Å². The topological polar surface area (TPSA) is 56.7 Å². The summed E-state index contributed by atoms with van der Waals surface area (Å²) in [5.74, 6) is 0.243. The van der Waals surface area contributed by atoms with E-state index in [9.17, 15) is 13.9 Å². The zero-order valence-electron chi connectivity index (χ0n) is 10.3. The van der Waals surface area contributed by atoms with Crippen molar-refractivity contribution < 1.29 is 13.9 Å². The zero-order valence-corrected chi connectivity index (χ0v) is 11.1. The number of guanidine groups is 1. The smallest absolute Gasteiger partial charge is 0.255 e. The van der Waals surface area contributed by atoms with E-state index < -0.39 is 18.6 Å². The fourth-order valence-corrected chi connectivity index (χ4v) is 2.11. The summed E-state index contributed by atoms with van der Waals surface area (Å²) in [6.07, 6.45) is -2.44. The van der Waals surface area contributed by atoms with E-state index in [0.717, 1.165) is 4.88 Å². The predicted molar refractivity (Wildman–Crippen MR) is 69.3 cm³/mol. The van der Waals surface area contributed by atoms with Crippen LogP contribution in [0.3, 0.4) is 0 Å². The number of hydrogen-bond acceptors (Lipinski definition) is 3. The van der Waals surface area contributed by atoms with Gasteiger partial charge in [-0.3, -0.25) is 4.99 Å². The maximum Gasteiger partial charge on any atom is 0.255 e. The first-order chi connectivity index (χ1) is 8.45. The quantitative estimate of drug-likeness (QED) is 0.563. The monoisotopic (exact) mass is 277 g/mol. The first-order valence-corrected chi connectivity index (χ1v) is 6.32. The van der Waals surface area contributed by atoms with Crippen LogP contribution in [0.1, 0.15) is 11.8 Å². The van der Waals surface area contributed by atoms with E-state index in [-0.39, 0.29) is 12.5 Å². The molecule has 0 amide bonds. The Kier molecular flexibility index (Phi) is 5.49. The highest BCUT2D eigenvalue weighted by Crippen LogP contribution is 2.24. The molecule has 1 atom stereocenters. The SMILES string of the molecule is CN=C(NCC(F)F)NCC(C)(O)c1cccs1. The van der Waals surface area contributed by atoms with Crippen LogP contribution < -0.4 is 10.6 Å². The molecule has 0 saturated carbocycles. The summed E-state index contributed by atoms with van der Waals surface area (Å²) >= 11 is 1.44. The normalized spacial score (nSPS) is 15.6. The van der Waals surface area contributed by atoms with Crippen molar-refractivity contribution in [2.45, 2.75) is 19.0 Å². The van der Waals surface area contributed by atoms with Crippen LogP contribution in [0.5, 0.6) is 0 Å². The molecular weight excluding hydrogens is 260 g/mol. The third-order valence-electron chi connectivity index (χ3n) is 2.30. The van der Waals surface area contributed by atoms with E-state index in [4.69, 9.17) is 0 Å². The van der Waals surface area contributed by atoms with Crippen LogP contribution in [0.4, 0.5) is 8.78 Å². The van der Waals surface area contributed by atoms with Gasteiger partial charge in [0.25, 0.3) is 6.43 Å². The minimum absolute atomic E-state index is 0.191. The molecule has 1 unspecified atom stereocenters. The Morgan fingerprint density at radius 2 is 2.28 bits per heavy atom. The van der Waals surface area contributed by atoms with E-state index in [1.54, 1.807) is 6.92 Å². The van der Waals surface area contributed by atoms with Crippen molar-refractivity contribution in [1.29, 1.82) is 0 Å². The van der Waals surface area contributed by atoms with E-state index in [0.29, 0.717) is 0 Å². The van der Waals surface area contributed by atoms with Crippen molar-refractivity contribution in [3.63, 3.8) is 0 Å². The lowest BCUT2D eigenvalue weighted by atomic mass is 10.1. The Morgan fingerprint density at radius 1 is 1.56 bits per heavy atom. The molecule has 4 nitrogen and oxygen atoms in total. The van der Waals surface area contributed by atoms with Crippen LogP contribution >= 0.6 is 11.3 Å². The summed E-state index contributed by atoms with van der Waals surface area (Å²) in [4.78, 5) is 4.60. The fourth-order valence-electron chi connectivity index (χ4n) is 1.32. The molecule has 0 aliphatic rings. The average Bonchev–Trinajstić information content (AvgIpc) is 2.83. The van der Waals surface area contributed by atoms with E-state index in [1.165, 1.54) is 18.4 Å². The second kappa shape index (κ2) is 6.65. The summed E-state index contributed by atoms with van der Waals surface area (Å²) in [5.41, 5.74) is -1.06. The Labute approximate surface area is 109 Å². The standard InChI is InChI=1S/C11H17F2N3OS/c1-11(17,8-4-3-5-18-8)7-16-10(14-2)15-6-9(12)13/h3-5,9,17H,6-7H2,1-2H3,(H2,14,15,16). The molecule has 3 N–H and O–H groups in total. The van der Waals surface area contributed by atoms with Gasteiger partial charge in [0.15, 0.2) is 5.96 Å². The maximum atomic E-state index is 12.0. The molecule has 1 rings (SSSR count). The first kappa shape index (κ1) is 14.8. The molecule has 1 aromatic heterocycles. The number of nitrogens with one attached hydrogen (secondary N) is 2. The van der Waals surface area contributed by atoms with Gasteiger partial charge in [0.2, 0.25) is 0 Å². The van der Waals surface area contributed by atoms with Crippen LogP contribution in [-0.4, -0.2) is 37.6 Å². The molecule has 0 bridgehead atoms. The molecule has 1 aromatic rings. The highest BCUT2D eigenvalue weighted by atomic mass is 32.1. The lowest BCUT2D eigenvalue weighted by molar-refractivity contribution is 0.0654. The van der Waals surface area contributed by atoms with Gasteiger partial charge in [-0.15, -0.1) is 11.3 Å². The van der Waals surface area contributed by atoms with Crippen molar-refractivity contribution in [3.05, 3.63) is 22.4 Å². The molecule has 0 aliphatic heterocycles. The van der Waals surface area contributed by atoms with Crippen LogP contribution in [-0.2, 0) is 5.60 Å². The third kappa shape index (κ3) is 4.58. The Bertz CT molecular complexity index is 380. The lowest BCUT2D eigenvalue weighted by Crippen LogP contribution is -2.45. The molecule has 7 heteroatoms. The number of aliphatic imine (C=N–C) groups is 1. The highest BCUT2D eigenvalue weighted by Gasteiger charge is 2.24. The zero-order chi connectivity index (χ0) is 13.6. The van der Waals surface area contributed by atoms with Crippen LogP contribution in [0, 0.1) is 0 Å². The van der Waals surface area contributed by atoms with Gasteiger partial charge < -0.3 is 15.7 Å². The molecular formula is C11H17F2N3OS. The van der Waals surface area contributed by atoms with Crippen LogP contribution in [0.25, 0.3) is 0 Å². The first-order valence-electron chi connectivity index (χ1n) is 5.44. The van der Waals surface area contributed by atoms with Crippen LogP contribution in [0.15, 0.2) is 22.5 Å². The molecule has 0 spiro atoms. The molecule has 0 radical (unpaired) electrons. The van der Waals surface area contributed by atoms with Gasteiger partial charge in [-0.05, 0) is 18.4 Å². The lowest BCUT2D eigenvalue weighted by Gasteiger charge is -2.23. The van der Waals surface area contributed by atoms with Gasteiger partial charge in [0.05, 0.1) is 13.1 Å². The van der Waals surface area contributed by atoms with Crippen LogP contribution in [0.2, 0.25) is 0 Å². The Morgan fingerprint density at radius 3 is 2.78 bits per heavy atom. The second-order valence-electron chi connectivity index (χ2n) is 3.95. The predicted octanol–water partition coefficient (Wildman–Crippen LogP) is 1.39. The van der Waals surface area contributed by atoms with Gasteiger partial charge in [-0.1, -0.05) is 6.07 Å². The number of halogens is 2. The average molecular weight is 277 g/mol. The molecule has 0 fully saturated rings. The van der Waals surface area contributed by atoms with E-state index in [1.807, 2.05) is 17.5 Å². The maximum absolute atomic E-state index is 12.0. The van der Waals surface area contributed by atoms with Crippen molar-refractivity contribution in [2.75, 3.05) is 20.1 Å². The van der Waals surface area contributed by atoms with Gasteiger partial charge in [-0.2, -0.15) is 0 Å². The Balaban J connectivity index is 2.48. The molecule has 0 aromatic carbocycles. The minimum Gasteiger partial charge on any atom is -0.383 e. The third-order valence-corrected chi connectivity index (χ3v) is 3.42. The fraction of sp³-hybridized carbons (Fsp3) is 0.545. The van der Waals surface area contributed by atoms with Crippen molar-refractivity contribution in [2.24, 2.45) is 4.99 Å². The molecule has 0 saturated heterocycles. The van der Waals surface area contributed by atoms with E-state index >= 15 is 0 Å². The number of rotatable bonds is 5. The summed E-state index contributed by atoms with van der Waals surface area (Å²) in [7, 11) is 1.49. The molecule has 1 heterocycles. The number of aliphatic hydroxyl groups is 1. The van der Waals surface area contributed by atoms with Gasteiger partial charge >= 0.3 is 0 Å². The van der Waals surface area contributed by atoms with E-state index in [2.05, 4.69) is 15.6 Å². The number of thiophene rings is 1. The van der Waals surface area contributed by atoms with Gasteiger partial charge in [0, 0.05) is 11.9 Å². The van der Waals surface area contributed by atoms with Crippen molar-refractivity contribution in [3.8, 4) is 0 Å². The van der Waals surface area contributed by atoms with Gasteiger partial charge in [-0.25, -0.2) is 8.78 Å². The number of nitrogens with zero attached hydrogens (tertiary/aromatic N) is 1. The summed E-state index contributed by atoms with van der Waals surface area (Å²) < 4.78 is 24.1. The van der Waals surface area contributed by atoms with Gasteiger partial charge in [0.1, 0.15) is 5.60 Å². The highest BCUT2D eigenvalue weighted by molar-refractivity contribution is 7.10. The summed E-state index contributed by atoms with van der Waals surface area (Å²) in [6.45, 7) is 1.38. The number of hydrogen-bond donors (Lipinski definition) is 3. The minimum atomic E-state index is -2.44. The molecule has 102 valence electrons. The number of alkyl halides is 2. The molecule has 18 heavy (non-hydrogen) atoms. The molecule has 0 aliphatic carbocycles. The second-order valence-corrected chi connectivity index (χ2v) is 4.90. The largest absolute Gasteiger partial charge is 0.383 e.